The van der Waals surface area contributed by atoms with E-state index in [1.54, 1.807) is 6.92 Å². The van der Waals surface area contributed by atoms with Crippen LogP contribution in [-0.4, -0.2) is 19.2 Å². The van der Waals surface area contributed by atoms with Crippen LogP contribution in [0.1, 0.15) is 18.2 Å². The van der Waals surface area contributed by atoms with Crippen LogP contribution in [0.4, 0.5) is 22.0 Å². The third-order valence-electron chi connectivity index (χ3n) is 3.36. The summed E-state index contributed by atoms with van der Waals surface area (Å²) in [6, 6.07) is 1.91. The van der Waals surface area contributed by atoms with Crippen molar-refractivity contribution in [2.45, 2.75) is 19.5 Å². The van der Waals surface area contributed by atoms with E-state index >= 15 is 0 Å². The lowest BCUT2D eigenvalue weighted by Crippen LogP contribution is -2.12. The Kier molecular flexibility index (Phi) is 5.34. The molecule has 0 saturated carbocycles. The molecule has 2 aromatic rings. The number of benzene rings is 1. The molecular formula is C16H14F5NO3. The average Bonchev–Trinajstić information content (AvgIpc) is 2.56. The zero-order chi connectivity index (χ0) is 18.8. The minimum Gasteiger partial charge on any atom is -0.494 e. The first-order valence-electron chi connectivity index (χ1n) is 7.07. The van der Waals surface area contributed by atoms with Crippen molar-refractivity contribution < 1.29 is 36.2 Å². The van der Waals surface area contributed by atoms with Gasteiger partial charge in [-0.3, -0.25) is 0 Å². The molecule has 0 unspecified atom stereocenters. The van der Waals surface area contributed by atoms with Crippen molar-refractivity contribution in [1.82, 2.24) is 4.98 Å². The van der Waals surface area contributed by atoms with Gasteiger partial charge in [0, 0.05) is 5.56 Å². The maximum absolute atomic E-state index is 13.7. The Labute approximate surface area is 140 Å². The standard InChI is InChI=1S/C16H14F5NO3/c1-4-8-11(7-22-15(13(8)23-2)16(19,20)21)25-10-6-5-9(17)12(18)14(10)24-3/h5-7H,4H2,1-3H3. The molecule has 0 radical (unpaired) electrons. The topological polar surface area (TPSA) is 40.6 Å². The number of hydrogen-bond acceptors (Lipinski definition) is 4. The summed E-state index contributed by atoms with van der Waals surface area (Å²) in [5.74, 6) is -3.72. The number of rotatable bonds is 5. The SMILES string of the molecule is CCc1c(Oc2ccc(F)c(F)c2OC)cnc(C(F)(F)F)c1OC. The van der Waals surface area contributed by atoms with Gasteiger partial charge in [-0.25, -0.2) is 9.37 Å². The molecule has 0 aliphatic heterocycles. The molecule has 4 nitrogen and oxygen atoms in total. The van der Waals surface area contributed by atoms with Gasteiger partial charge in [-0.1, -0.05) is 6.92 Å². The van der Waals surface area contributed by atoms with Gasteiger partial charge in [0.25, 0.3) is 0 Å². The number of pyridine rings is 1. The highest BCUT2D eigenvalue weighted by Crippen LogP contribution is 2.42. The molecule has 25 heavy (non-hydrogen) atoms. The Balaban J connectivity index is 2.57. The predicted molar refractivity (Wildman–Crippen MR) is 78.2 cm³/mol. The minimum atomic E-state index is -4.71. The fourth-order valence-electron chi connectivity index (χ4n) is 2.26. The van der Waals surface area contributed by atoms with Gasteiger partial charge in [0.1, 0.15) is 0 Å². The molecule has 0 spiro atoms. The molecule has 1 aromatic heterocycles. The Morgan fingerprint density at radius 3 is 2.16 bits per heavy atom. The first-order chi connectivity index (χ1) is 11.7. The number of halogens is 5. The second kappa shape index (κ2) is 7.12. The molecule has 0 bridgehead atoms. The predicted octanol–water partition coefficient (Wildman–Crippen LogP) is 4.75. The van der Waals surface area contributed by atoms with Crippen molar-refractivity contribution in [3.63, 3.8) is 0 Å². The zero-order valence-corrected chi connectivity index (χ0v) is 13.5. The number of aromatic nitrogens is 1. The number of methoxy groups -OCH3 is 2. The van der Waals surface area contributed by atoms with Gasteiger partial charge >= 0.3 is 6.18 Å². The molecule has 0 fully saturated rings. The fourth-order valence-corrected chi connectivity index (χ4v) is 2.26. The monoisotopic (exact) mass is 363 g/mol. The van der Waals surface area contributed by atoms with Crippen LogP contribution in [-0.2, 0) is 12.6 Å². The summed E-state index contributed by atoms with van der Waals surface area (Å²) in [4.78, 5) is 3.34. The second-order valence-corrected chi connectivity index (χ2v) is 4.83. The summed E-state index contributed by atoms with van der Waals surface area (Å²) < 4.78 is 81.1. The summed E-state index contributed by atoms with van der Waals surface area (Å²) in [5.41, 5.74) is -1.12. The zero-order valence-electron chi connectivity index (χ0n) is 13.5. The van der Waals surface area contributed by atoms with Gasteiger partial charge in [0.15, 0.2) is 28.8 Å². The van der Waals surface area contributed by atoms with Crippen molar-refractivity contribution in [3.05, 3.63) is 41.2 Å². The van der Waals surface area contributed by atoms with Gasteiger partial charge < -0.3 is 14.2 Å². The van der Waals surface area contributed by atoms with Gasteiger partial charge in [-0.05, 0) is 18.6 Å². The van der Waals surface area contributed by atoms with Crippen LogP contribution in [0.15, 0.2) is 18.3 Å². The van der Waals surface area contributed by atoms with Crippen LogP contribution in [0.5, 0.6) is 23.0 Å². The normalized spacial score (nSPS) is 11.4. The second-order valence-electron chi connectivity index (χ2n) is 4.83. The van der Waals surface area contributed by atoms with E-state index in [4.69, 9.17) is 14.2 Å². The fraction of sp³-hybridized carbons (Fsp3) is 0.312. The van der Waals surface area contributed by atoms with Crippen molar-refractivity contribution in [1.29, 1.82) is 0 Å². The van der Waals surface area contributed by atoms with Crippen LogP contribution < -0.4 is 14.2 Å². The quantitative estimate of drug-likeness (QED) is 0.719. The van der Waals surface area contributed by atoms with Crippen molar-refractivity contribution in [2.24, 2.45) is 0 Å². The van der Waals surface area contributed by atoms with Crippen LogP contribution >= 0.6 is 0 Å². The first kappa shape index (κ1) is 18.8. The van der Waals surface area contributed by atoms with Crippen molar-refractivity contribution in [2.75, 3.05) is 14.2 Å². The smallest absolute Gasteiger partial charge is 0.437 e. The summed E-state index contributed by atoms with van der Waals surface area (Å²) in [7, 11) is 2.18. The van der Waals surface area contributed by atoms with E-state index in [0.29, 0.717) is 0 Å². The molecule has 0 saturated heterocycles. The number of nitrogens with zero attached hydrogens (tertiary/aromatic N) is 1. The lowest BCUT2D eigenvalue weighted by atomic mass is 10.1. The number of ether oxygens (including phenoxy) is 3. The molecule has 0 amide bonds. The maximum Gasteiger partial charge on any atom is 0.437 e. The van der Waals surface area contributed by atoms with E-state index in [9.17, 15) is 22.0 Å². The molecule has 136 valence electrons. The molecule has 1 heterocycles. The lowest BCUT2D eigenvalue weighted by Gasteiger charge is -2.18. The van der Waals surface area contributed by atoms with Crippen LogP contribution in [0.25, 0.3) is 0 Å². The first-order valence-corrected chi connectivity index (χ1v) is 7.07. The van der Waals surface area contributed by atoms with Gasteiger partial charge in [-0.2, -0.15) is 17.6 Å². The van der Waals surface area contributed by atoms with Crippen molar-refractivity contribution >= 4 is 0 Å². The van der Waals surface area contributed by atoms with Gasteiger partial charge in [-0.15, -0.1) is 0 Å². The Hall–Kier alpha value is -2.58. The highest BCUT2D eigenvalue weighted by atomic mass is 19.4. The lowest BCUT2D eigenvalue weighted by molar-refractivity contribution is -0.142. The molecular weight excluding hydrogens is 349 g/mol. The Morgan fingerprint density at radius 1 is 1.00 bits per heavy atom. The van der Waals surface area contributed by atoms with Crippen LogP contribution in [0.2, 0.25) is 0 Å². The van der Waals surface area contributed by atoms with E-state index in [1.807, 2.05) is 0 Å². The molecule has 0 aliphatic carbocycles. The van der Waals surface area contributed by atoms with Crippen molar-refractivity contribution in [3.8, 4) is 23.0 Å². The summed E-state index contributed by atoms with van der Waals surface area (Å²) in [5, 5.41) is 0. The van der Waals surface area contributed by atoms with E-state index < -0.39 is 35.0 Å². The van der Waals surface area contributed by atoms with E-state index in [-0.39, 0.29) is 23.5 Å². The minimum absolute atomic E-state index is 0.0802. The molecule has 1 aromatic carbocycles. The largest absolute Gasteiger partial charge is 0.494 e. The van der Waals surface area contributed by atoms with Crippen LogP contribution in [0.3, 0.4) is 0 Å². The van der Waals surface area contributed by atoms with Gasteiger partial charge in [0.05, 0.1) is 20.4 Å². The van der Waals surface area contributed by atoms with E-state index in [0.717, 1.165) is 32.5 Å². The summed E-state index contributed by atoms with van der Waals surface area (Å²) in [6.07, 6.45) is -3.74. The third kappa shape index (κ3) is 3.59. The third-order valence-corrected chi connectivity index (χ3v) is 3.36. The molecule has 2 rings (SSSR count). The molecule has 0 N–H and O–H groups in total. The van der Waals surface area contributed by atoms with E-state index in [1.165, 1.54) is 0 Å². The number of hydrogen-bond donors (Lipinski definition) is 0. The highest BCUT2D eigenvalue weighted by Gasteiger charge is 2.38. The molecule has 0 atom stereocenters. The average molecular weight is 363 g/mol. The summed E-state index contributed by atoms with van der Waals surface area (Å²) >= 11 is 0. The van der Waals surface area contributed by atoms with Crippen LogP contribution in [0, 0.1) is 11.6 Å². The maximum atomic E-state index is 13.7. The summed E-state index contributed by atoms with van der Waals surface area (Å²) in [6.45, 7) is 1.59. The molecule has 9 heteroatoms. The Morgan fingerprint density at radius 2 is 1.64 bits per heavy atom. The molecule has 0 aliphatic rings. The Bertz CT molecular complexity index is 777. The highest BCUT2D eigenvalue weighted by molar-refractivity contribution is 5.51. The van der Waals surface area contributed by atoms with Gasteiger partial charge in [0.2, 0.25) is 11.6 Å². The number of alkyl halides is 3. The van der Waals surface area contributed by atoms with E-state index in [2.05, 4.69) is 4.98 Å².